The molecule has 2 aliphatic carbocycles. The molecule has 0 saturated carbocycles. The van der Waals surface area contributed by atoms with E-state index >= 15 is 0 Å². The Morgan fingerprint density at radius 3 is 2.93 bits per heavy atom. The fourth-order valence-electron chi connectivity index (χ4n) is 2.34. The first kappa shape index (κ1) is 8.66. The average Bonchev–Trinajstić information content (AvgIpc) is 2.29. The molecule has 0 amide bonds. The van der Waals surface area contributed by atoms with E-state index in [9.17, 15) is 0 Å². The maximum atomic E-state index is 4.50. The van der Waals surface area contributed by atoms with Gasteiger partial charge in [0.2, 0.25) is 0 Å². The summed E-state index contributed by atoms with van der Waals surface area (Å²) >= 11 is 0. The molecule has 1 heterocycles. The third-order valence-electron chi connectivity index (χ3n) is 3.15. The summed E-state index contributed by atoms with van der Waals surface area (Å²) in [5, 5.41) is 0. The van der Waals surface area contributed by atoms with E-state index in [1.807, 2.05) is 6.20 Å². The highest BCUT2D eigenvalue weighted by Gasteiger charge is 2.28. The van der Waals surface area contributed by atoms with Crippen LogP contribution in [0, 0.1) is 11.8 Å². The van der Waals surface area contributed by atoms with Crippen LogP contribution in [0.1, 0.15) is 6.92 Å². The lowest BCUT2D eigenvalue weighted by atomic mass is 9.76. The van der Waals surface area contributed by atoms with Gasteiger partial charge in [-0.2, -0.15) is 0 Å². The van der Waals surface area contributed by atoms with Crippen molar-refractivity contribution in [2.45, 2.75) is 6.92 Å². The largest absolute Gasteiger partial charge is 0.260 e. The van der Waals surface area contributed by atoms with Gasteiger partial charge in [0.25, 0.3) is 0 Å². The lowest BCUT2D eigenvalue weighted by Gasteiger charge is -2.30. The number of rotatable bonds is 0. The van der Waals surface area contributed by atoms with Crippen LogP contribution < -0.4 is 0 Å². The minimum Gasteiger partial charge on any atom is -0.260 e. The van der Waals surface area contributed by atoms with Gasteiger partial charge in [-0.3, -0.25) is 4.99 Å². The molecule has 0 bridgehead atoms. The van der Waals surface area contributed by atoms with E-state index in [-0.39, 0.29) is 0 Å². The summed E-state index contributed by atoms with van der Waals surface area (Å²) in [7, 11) is 0. The first-order valence-corrected chi connectivity index (χ1v) is 5.34. The van der Waals surface area contributed by atoms with Gasteiger partial charge in [-0.05, 0) is 18.6 Å². The van der Waals surface area contributed by atoms with Crippen LogP contribution in [0.3, 0.4) is 0 Å². The molecule has 2 unspecified atom stereocenters. The van der Waals surface area contributed by atoms with Gasteiger partial charge < -0.3 is 0 Å². The second-order valence-corrected chi connectivity index (χ2v) is 4.22. The van der Waals surface area contributed by atoms with E-state index < -0.39 is 0 Å². The second kappa shape index (κ2) is 3.20. The van der Waals surface area contributed by atoms with E-state index in [4.69, 9.17) is 0 Å². The van der Waals surface area contributed by atoms with Crippen molar-refractivity contribution in [2.24, 2.45) is 16.8 Å². The number of hydrogen-bond donors (Lipinski definition) is 0. The Morgan fingerprint density at radius 2 is 2.00 bits per heavy atom. The molecule has 2 atom stereocenters. The van der Waals surface area contributed by atoms with Crippen molar-refractivity contribution in [3.05, 3.63) is 59.9 Å². The molecule has 0 radical (unpaired) electrons. The maximum Gasteiger partial charge on any atom is 0.0481 e. The van der Waals surface area contributed by atoms with Crippen molar-refractivity contribution in [1.29, 1.82) is 0 Å². The number of aliphatic imine (C=N–C) groups is 1. The van der Waals surface area contributed by atoms with Crippen LogP contribution in [0.5, 0.6) is 0 Å². The zero-order valence-corrected chi connectivity index (χ0v) is 8.72. The predicted octanol–water partition coefficient (Wildman–Crippen LogP) is 3.20. The lowest BCUT2D eigenvalue weighted by molar-refractivity contribution is 0.663. The number of fused-ring (bicyclic) bond motifs is 3. The molecule has 1 aliphatic heterocycles. The van der Waals surface area contributed by atoms with Crippen LogP contribution in [0.4, 0.5) is 0 Å². The standard InChI is InChI=1S/C14H13N/c1-10-6-7-11-9-15-14-5-3-2-4-12(14)13(11)8-10/h2-9,12-13H,1H3. The number of hydrogen-bond acceptors (Lipinski definition) is 1. The Balaban J connectivity index is 2.07. The molecule has 0 N–H and O–H groups in total. The first-order valence-electron chi connectivity index (χ1n) is 5.34. The minimum absolute atomic E-state index is 0.440. The maximum absolute atomic E-state index is 4.50. The molecule has 1 heteroatoms. The summed E-state index contributed by atoms with van der Waals surface area (Å²) in [6, 6.07) is 0. The number of nitrogens with zero attached hydrogens (tertiary/aromatic N) is 1. The third-order valence-corrected chi connectivity index (χ3v) is 3.15. The topological polar surface area (TPSA) is 12.4 Å². The third kappa shape index (κ3) is 1.35. The quantitative estimate of drug-likeness (QED) is 0.563. The summed E-state index contributed by atoms with van der Waals surface area (Å²) < 4.78 is 0. The van der Waals surface area contributed by atoms with Crippen LogP contribution in [-0.4, -0.2) is 5.71 Å². The van der Waals surface area contributed by atoms with Gasteiger partial charge in [0.15, 0.2) is 0 Å². The van der Waals surface area contributed by atoms with Gasteiger partial charge in [0, 0.05) is 23.7 Å². The molecule has 3 rings (SSSR count). The van der Waals surface area contributed by atoms with E-state index in [1.54, 1.807) is 0 Å². The average molecular weight is 195 g/mol. The van der Waals surface area contributed by atoms with Crippen LogP contribution >= 0.6 is 0 Å². The van der Waals surface area contributed by atoms with E-state index in [1.165, 1.54) is 16.9 Å². The van der Waals surface area contributed by atoms with Gasteiger partial charge in [0.1, 0.15) is 0 Å². The Bertz CT molecular complexity index is 470. The molecule has 0 fully saturated rings. The Labute approximate surface area is 89.9 Å². The van der Waals surface area contributed by atoms with Crippen molar-refractivity contribution in [3.63, 3.8) is 0 Å². The molecule has 0 aromatic carbocycles. The smallest absolute Gasteiger partial charge is 0.0481 e. The first-order chi connectivity index (χ1) is 7.34. The fourth-order valence-corrected chi connectivity index (χ4v) is 2.34. The van der Waals surface area contributed by atoms with Crippen molar-refractivity contribution in [3.8, 4) is 0 Å². The predicted molar refractivity (Wildman–Crippen MR) is 63.7 cm³/mol. The highest BCUT2D eigenvalue weighted by molar-refractivity contribution is 6.01. The van der Waals surface area contributed by atoms with Crippen LogP contribution in [0.15, 0.2) is 64.9 Å². The molecule has 15 heavy (non-hydrogen) atoms. The van der Waals surface area contributed by atoms with Crippen molar-refractivity contribution >= 4 is 5.71 Å². The molecule has 0 aromatic rings. The molecule has 0 saturated heterocycles. The molecule has 74 valence electrons. The Hall–Kier alpha value is -1.63. The molecular formula is C14H13N. The van der Waals surface area contributed by atoms with Gasteiger partial charge in [-0.25, -0.2) is 0 Å². The molecule has 0 aromatic heterocycles. The van der Waals surface area contributed by atoms with Crippen molar-refractivity contribution in [2.75, 3.05) is 0 Å². The summed E-state index contributed by atoms with van der Waals surface area (Å²) in [6.07, 6.45) is 17.2. The molecule has 1 nitrogen and oxygen atoms in total. The van der Waals surface area contributed by atoms with Crippen LogP contribution in [0.25, 0.3) is 0 Å². The SMILES string of the molecule is CC1=CC2C(=CN=C3C=CC=CC32)C=C1. The lowest BCUT2D eigenvalue weighted by Crippen LogP contribution is -2.25. The second-order valence-electron chi connectivity index (χ2n) is 4.22. The highest BCUT2D eigenvalue weighted by Crippen LogP contribution is 2.35. The molecular weight excluding hydrogens is 182 g/mol. The zero-order chi connectivity index (χ0) is 10.3. The fraction of sp³-hybridized carbons (Fsp3) is 0.214. The minimum atomic E-state index is 0.440. The molecule has 3 aliphatic rings. The van der Waals surface area contributed by atoms with Crippen molar-refractivity contribution < 1.29 is 0 Å². The normalized spacial score (nSPS) is 31.4. The highest BCUT2D eigenvalue weighted by atomic mass is 14.7. The summed E-state index contributed by atoms with van der Waals surface area (Å²) in [5.41, 5.74) is 3.86. The van der Waals surface area contributed by atoms with Gasteiger partial charge in [-0.1, -0.05) is 42.0 Å². The Morgan fingerprint density at radius 1 is 1.07 bits per heavy atom. The van der Waals surface area contributed by atoms with E-state index in [2.05, 4.69) is 54.4 Å². The number of allylic oxidation sites excluding steroid dienone is 9. The summed E-state index contributed by atoms with van der Waals surface area (Å²) in [5.74, 6) is 0.929. The zero-order valence-electron chi connectivity index (χ0n) is 8.72. The summed E-state index contributed by atoms with van der Waals surface area (Å²) in [4.78, 5) is 4.50. The van der Waals surface area contributed by atoms with Crippen molar-refractivity contribution in [1.82, 2.24) is 0 Å². The van der Waals surface area contributed by atoms with Crippen LogP contribution in [-0.2, 0) is 0 Å². The summed E-state index contributed by atoms with van der Waals surface area (Å²) in [6.45, 7) is 2.15. The Kier molecular flexibility index (Phi) is 1.84. The van der Waals surface area contributed by atoms with Crippen LogP contribution in [0.2, 0.25) is 0 Å². The monoisotopic (exact) mass is 195 g/mol. The van der Waals surface area contributed by atoms with E-state index in [0.29, 0.717) is 11.8 Å². The van der Waals surface area contributed by atoms with Gasteiger partial charge in [-0.15, -0.1) is 0 Å². The van der Waals surface area contributed by atoms with E-state index in [0.717, 1.165) is 0 Å². The van der Waals surface area contributed by atoms with Gasteiger partial charge >= 0.3 is 0 Å². The van der Waals surface area contributed by atoms with Gasteiger partial charge in [0.05, 0.1) is 0 Å². The molecule has 0 spiro atoms.